The van der Waals surface area contributed by atoms with E-state index in [4.69, 9.17) is 0 Å². The Morgan fingerprint density at radius 2 is 1.93 bits per heavy atom. The van der Waals surface area contributed by atoms with E-state index in [0.29, 0.717) is 28.1 Å². The maximum Gasteiger partial charge on any atom is 0.261 e. The normalized spacial score (nSPS) is 16.4. The Morgan fingerprint density at radius 1 is 1.21 bits per heavy atom. The van der Waals surface area contributed by atoms with Gasteiger partial charge in [0, 0.05) is 17.8 Å². The van der Waals surface area contributed by atoms with Crippen LogP contribution in [0.4, 0.5) is 19.0 Å². The highest BCUT2D eigenvalue weighted by Gasteiger charge is 2.53. The number of anilines is 1. The number of fused-ring (bicyclic) bond motifs is 1. The number of benzene rings is 1. The average Bonchev–Trinajstić information content (AvgIpc) is 3.43. The summed E-state index contributed by atoms with van der Waals surface area (Å²) in [7, 11) is 0. The van der Waals surface area contributed by atoms with Crippen molar-refractivity contribution in [3.05, 3.63) is 64.1 Å². The first kappa shape index (κ1) is 18.5. The molecule has 3 aromatic rings. The molecule has 146 valence electrons. The largest absolute Gasteiger partial charge is 0.363 e. The van der Waals surface area contributed by atoms with E-state index in [0.717, 1.165) is 4.57 Å². The number of nitrogens with one attached hydrogen (secondary N) is 1. The molecule has 8 heteroatoms. The smallest absolute Gasteiger partial charge is 0.261 e. The van der Waals surface area contributed by atoms with Crippen molar-refractivity contribution < 1.29 is 13.2 Å². The van der Waals surface area contributed by atoms with Gasteiger partial charge in [0.05, 0.1) is 16.9 Å². The van der Waals surface area contributed by atoms with Crippen LogP contribution in [0.15, 0.2) is 41.3 Å². The quantitative estimate of drug-likeness (QED) is 0.713. The van der Waals surface area contributed by atoms with Crippen molar-refractivity contribution in [1.29, 1.82) is 0 Å². The van der Waals surface area contributed by atoms with Crippen molar-refractivity contribution in [2.24, 2.45) is 0 Å². The highest BCUT2D eigenvalue weighted by molar-refractivity contribution is 5.88. The van der Waals surface area contributed by atoms with Crippen molar-refractivity contribution in [2.75, 3.05) is 5.32 Å². The van der Waals surface area contributed by atoms with E-state index in [2.05, 4.69) is 15.3 Å². The van der Waals surface area contributed by atoms with E-state index in [1.807, 2.05) is 0 Å². The fraction of sp³-hybridized carbons (Fsp3) is 0.350. The number of alkyl halides is 2. The highest BCUT2D eigenvalue weighted by atomic mass is 19.3. The van der Waals surface area contributed by atoms with Gasteiger partial charge in [-0.3, -0.25) is 4.79 Å². The zero-order valence-electron chi connectivity index (χ0n) is 15.4. The Labute approximate surface area is 159 Å². The monoisotopic (exact) mass is 388 g/mol. The molecule has 0 unspecified atom stereocenters. The Hall–Kier alpha value is -2.90. The predicted octanol–water partition coefficient (Wildman–Crippen LogP) is 4.17. The van der Waals surface area contributed by atoms with E-state index in [9.17, 15) is 18.0 Å². The summed E-state index contributed by atoms with van der Waals surface area (Å²) in [6.07, 6.45) is -0.746. The second-order valence-corrected chi connectivity index (χ2v) is 7.19. The third-order valence-electron chi connectivity index (χ3n) is 5.22. The molecule has 1 aliphatic rings. The molecule has 0 amide bonds. The molecule has 1 aliphatic carbocycles. The van der Waals surface area contributed by atoms with Gasteiger partial charge in [0.1, 0.15) is 23.0 Å². The first-order chi connectivity index (χ1) is 13.3. The molecule has 2 aromatic heterocycles. The summed E-state index contributed by atoms with van der Waals surface area (Å²) in [5.41, 5.74) is -1.16. The molecule has 0 radical (unpaired) electrons. The number of aryl methyl sites for hydroxylation is 1. The lowest BCUT2D eigenvalue weighted by Crippen LogP contribution is -2.35. The predicted molar refractivity (Wildman–Crippen MR) is 100 cm³/mol. The van der Waals surface area contributed by atoms with Crippen molar-refractivity contribution in [1.82, 2.24) is 14.5 Å². The highest BCUT2D eigenvalue weighted by Crippen LogP contribution is 2.48. The number of rotatable bonds is 5. The van der Waals surface area contributed by atoms with Gasteiger partial charge in [-0.05, 0) is 32.8 Å². The lowest BCUT2D eigenvalue weighted by molar-refractivity contribution is 0.0654. The third-order valence-corrected chi connectivity index (χ3v) is 5.22. The van der Waals surface area contributed by atoms with Crippen LogP contribution in [0.5, 0.6) is 0 Å². The second-order valence-electron chi connectivity index (χ2n) is 7.19. The van der Waals surface area contributed by atoms with E-state index in [-0.39, 0.29) is 18.7 Å². The molecular weight excluding hydrogens is 369 g/mol. The molecule has 0 spiro atoms. The second kappa shape index (κ2) is 6.61. The standard InChI is InChI=1S/C20H19F3N4O/c1-11(13-5-3-4-6-15(13)21)24-18-14-10-27(20(7-8-20)19(22)23)17(28)9-16(14)25-12(2)26-18/h3-6,9-11,19H,7-8H2,1-2H3,(H,24,25,26)/t11-/m1/s1. The van der Waals surface area contributed by atoms with Crippen molar-refractivity contribution in [2.45, 2.75) is 44.7 Å². The minimum absolute atomic E-state index is 0.247. The van der Waals surface area contributed by atoms with Crippen LogP contribution in [0.1, 0.15) is 37.2 Å². The number of pyridine rings is 1. The zero-order valence-corrected chi connectivity index (χ0v) is 15.4. The molecule has 0 bridgehead atoms. The molecule has 5 nitrogen and oxygen atoms in total. The molecule has 0 saturated heterocycles. The SMILES string of the molecule is Cc1nc(N[C@H](C)c2ccccc2F)c2cn(C3(C(F)F)CC3)c(=O)cc2n1. The van der Waals surface area contributed by atoms with Crippen LogP contribution in [0.2, 0.25) is 0 Å². The molecule has 1 aromatic carbocycles. The van der Waals surface area contributed by atoms with E-state index >= 15 is 0 Å². The maximum absolute atomic E-state index is 14.1. The fourth-order valence-electron chi connectivity index (χ4n) is 3.48. The molecule has 2 heterocycles. The summed E-state index contributed by atoms with van der Waals surface area (Å²) in [6, 6.07) is 7.20. The summed E-state index contributed by atoms with van der Waals surface area (Å²) in [5, 5.41) is 3.58. The molecule has 1 saturated carbocycles. The maximum atomic E-state index is 14.1. The minimum Gasteiger partial charge on any atom is -0.363 e. The number of hydrogen-bond acceptors (Lipinski definition) is 4. The summed E-state index contributed by atoms with van der Waals surface area (Å²) >= 11 is 0. The molecular formula is C20H19F3N4O. The Kier molecular flexibility index (Phi) is 4.36. The van der Waals surface area contributed by atoms with Crippen LogP contribution in [0, 0.1) is 12.7 Å². The van der Waals surface area contributed by atoms with Gasteiger partial charge in [0.25, 0.3) is 12.0 Å². The number of halogens is 3. The molecule has 0 aliphatic heterocycles. The van der Waals surface area contributed by atoms with Crippen molar-refractivity contribution in [3.63, 3.8) is 0 Å². The molecule has 1 atom stereocenters. The van der Waals surface area contributed by atoms with E-state index in [1.165, 1.54) is 18.3 Å². The third kappa shape index (κ3) is 3.02. The summed E-state index contributed by atoms with van der Waals surface area (Å²) in [6.45, 7) is 3.45. The fourth-order valence-corrected chi connectivity index (χ4v) is 3.48. The number of aromatic nitrogens is 3. The first-order valence-corrected chi connectivity index (χ1v) is 9.02. The van der Waals surface area contributed by atoms with Gasteiger partial charge in [-0.1, -0.05) is 18.2 Å². The zero-order chi connectivity index (χ0) is 20.1. The summed E-state index contributed by atoms with van der Waals surface area (Å²) in [5.74, 6) is 0.434. The minimum atomic E-state index is -2.64. The van der Waals surface area contributed by atoms with Crippen LogP contribution in [0.25, 0.3) is 10.9 Å². The van der Waals surface area contributed by atoms with Gasteiger partial charge in [0.2, 0.25) is 0 Å². The summed E-state index contributed by atoms with van der Waals surface area (Å²) < 4.78 is 42.3. The lowest BCUT2D eigenvalue weighted by Gasteiger charge is -2.20. The Bertz CT molecular complexity index is 1110. The van der Waals surface area contributed by atoms with Gasteiger partial charge in [-0.25, -0.2) is 23.1 Å². The van der Waals surface area contributed by atoms with Crippen LogP contribution >= 0.6 is 0 Å². The van der Waals surface area contributed by atoms with Gasteiger partial charge in [0.15, 0.2) is 0 Å². The number of nitrogens with zero attached hydrogens (tertiary/aromatic N) is 3. The van der Waals surface area contributed by atoms with Gasteiger partial charge >= 0.3 is 0 Å². The number of hydrogen-bond donors (Lipinski definition) is 1. The molecule has 1 fully saturated rings. The molecule has 28 heavy (non-hydrogen) atoms. The van der Waals surface area contributed by atoms with Gasteiger partial charge in [-0.2, -0.15) is 0 Å². The van der Waals surface area contributed by atoms with E-state index in [1.54, 1.807) is 32.0 Å². The average molecular weight is 388 g/mol. The molecule has 1 N–H and O–H groups in total. The van der Waals surface area contributed by atoms with Crippen LogP contribution in [0.3, 0.4) is 0 Å². The van der Waals surface area contributed by atoms with Gasteiger partial charge in [-0.15, -0.1) is 0 Å². The topological polar surface area (TPSA) is 59.8 Å². The Morgan fingerprint density at radius 3 is 2.57 bits per heavy atom. The van der Waals surface area contributed by atoms with Crippen LogP contribution < -0.4 is 10.9 Å². The summed E-state index contributed by atoms with van der Waals surface area (Å²) in [4.78, 5) is 21.1. The van der Waals surface area contributed by atoms with E-state index < -0.39 is 23.6 Å². The van der Waals surface area contributed by atoms with Crippen molar-refractivity contribution >= 4 is 16.7 Å². The molecule has 4 rings (SSSR count). The van der Waals surface area contributed by atoms with Crippen LogP contribution in [-0.2, 0) is 5.54 Å². The Balaban J connectivity index is 1.82. The van der Waals surface area contributed by atoms with Gasteiger partial charge < -0.3 is 9.88 Å². The van der Waals surface area contributed by atoms with Crippen molar-refractivity contribution in [3.8, 4) is 0 Å². The lowest BCUT2D eigenvalue weighted by atomic mass is 10.1. The first-order valence-electron chi connectivity index (χ1n) is 9.02. The van der Waals surface area contributed by atoms with Crippen LogP contribution in [-0.4, -0.2) is 21.0 Å².